The van der Waals surface area contributed by atoms with Crippen LogP contribution in [-0.4, -0.2) is 50.6 Å². The fourth-order valence-electron chi connectivity index (χ4n) is 5.35. The molecule has 0 bridgehead atoms. The minimum Gasteiger partial charge on any atom is -0.493 e. The van der Waals surface area contributed by atoms with Crippen LogP contribution in [0.4, 0.5) is 0 Å². The first-order valence-corrected chi connectivity index (χ1v) is 14.5. The summed E-state index contributed by atoms with van der Waals surface area (Å²) < 4.78 is 21.2. The topological polar surface area (TPSA) is 159 Å². The molecule has 2 N–H and O–H groups in total. The van der Waals surface area contributed by atoms with E-state index >= 15 is 0 Å². The molecule has 0 unspecified atom stereocenters. The van der Waals surface area contributed by atoms with Crippen molar-refractivity contribution in [3.63, 3.8) is 0 Å². The van der Waals surface area contributed by atoms with Crippen molar-refractivity contribution >= 4 is 35.2 Å². The quantitative estimate of drug-likeness (QED) is 0.119. The highest BCUT2D eigenvalue weighted by atomic mass is 16.5. The molecule has 4 aromatic carbocycles. The lowest BCUT2D eigenvalue weighted by molar-refractivity contribution is -0.148. The predicted molar refractivity (Wildman–Crippen MR) is 180 cm³/mol. The summed E-state index contributed by atoms with van der Waals surface area (Å²) in [5, 5.41) is 40.1. The molecule has 0 aliphatic carbocycles. The second kappa shape index (κ2) is 15.2. The molecule has 242 valence electrons. The number of methoxy groups -OCH3 is 4. The van der Waals surface area contributed by atoms with Crippen LogP contribution in [0.3, 0.4) is 0 Å². The van der Waals surface area contributed by atoms with Crippen molar-refractivity contribution in [2.75, 3.05) is 28.4 Å². The molecular formula is C38H32N2O8. The standard InChI is InChI=1S/C38H32N2O8/c1-45-32-15-9-26(19-34(32)47-3)28(22-39)17-24-5-11-30(12-6-24)38(37(43)44,21-36(41)42)31-13-7-25(8-14-31)18-29(23-40)27-10-16-33(46-2)35(20-27)48-4/h5-20H,21H2,1-4H3,(H,41,42)(H,43,44). The number of carboxylic acid groups (broad SMARTS) is 2. The van der Waals surface area contributed by atoms with E-state index < -0.39 is 23.8 Å². The molecule has 4 rings (SSSR count). The van der Waals surface area contributed by atoms with Crippen molar-refractivity contribution in [2.45, 2.75) is 11.8 Å². The van der Waals surface area contributed by atoms with E-state index in [0.29, 0.717) is 56.4 Å². The third-order valence-corrected chi connectivity index (χ3v) is 7.84. The van der Waals surface area contributed by atoms with Crippen molar-refractivity contribution in [2.24, 2.45) is 0 Å². The van der Waals surface area contributed by atoms with Crippen LogP contribution in [0, 0.1) is 22.7 Å². The monoisotopic (exact) mass is 644 g/mol. The summed E-state index contributed by atoms with van der Waals surface area (Å²) in [6, 6.07) is 27.2. The van der Waals surface area contributed by atoms with Gasteiger partial charge in [0.2, 0.25) is 0 Å². The number of ether oxygens (including phenoxy) is 4. The molecule has 0 aliphatic heterocycles. The van der Waals surface area contributed by atoms with Crippen LogP contribution < -0.4 is 18.9 Å². The average molecular weight is 645 g/mol. The zero-order chi connectivity index (χ0) is 34.8. The third kappa shape index (κ3) is 7.14. The number of hydrogen-bond acceptors (Lipinski definition) is 8. The molecule has 0 fully saturated rings. The molecule has 0 saturated carbocycles. The van der Waals surface area contributed by atoms with Gasteiger partial charge >= 0.3 is 11.9 Å². The Labute approximate surface area is 277 Å². The van der Waals surface area contributed by atoms with E-state index in [0.717, 1.165) is 0 Å². The molecule has 0 saturated heterocycles. The van der Waals surface area contributed by atoms with Gasteiger partial charge in [0.05, 0.1) is 58.1 Å². The minimum absolute atomic E-state index is 0.241. The van der Waals surface area contributed by atoms with Gasteiger partial charge in [-0.05, 0) is 81.9 Å². The minimum atomic E-state index is -1.93. The van der Waals surface area contributed by atoms with Gasteiger partial charge in [0.15, 0.2) is 23.0 Å². The summed E-state index contributed by atoms with van der Waals surface area (Å²) in [5.41, 5.74) is 1.57. The van der Waals surface area contributed by atoms with E-state index in [1.54, 1.807) is 97.1 Å². The number of rotatable bonds is 13. The maximum Gasteiger partial charge on any atom is 0.319 e. The van der Waals surface area contributed by atoms with Crippen LogP contribution >= 0.6 is 0 Å². The Morgan fingerprint density at radius 1 is 0.625 bits per heavy atom. The van der Waals surface area contributed by atoms with Crippen molar-refractivity contribution < 1.29 is 38.7 Å². The molecular weight excluding hydrogens is 612 g/mol. The zero-order valence-electron chi connectivity index (χ0n) is 26.7. The Balaban J connectivity index is 1.72. The number of carbonyl (C=O) groups is 2. The molecule has 0 aliphatic rings. The lowest BCUT2D eigenvalue weighted by Crippen LogP contribution is -2.39. The number of nitrogens with zero attached hydrogens (tertiary/aromatic N) is 2. The fraction of sp³-hybridized carbons (Fsp3) is 0.158. The number of nitriles is 2. The third-order valence-electron chi connectivity index (χ3n) is 7.84. The van der Waals surface area contributed by atoms with Crippen molar-refractivity contribution in [3.8, 4) is 35.1 Å². The molecule has 48 heavy (non-hydrogen) atoms. The summed E-state index contributed by atoms with van der Waals surface area (Å²) in [7, 11) is 6.02. The van der Waals surface area contributed by atoms with Crippen LogP contribution in [0.2, 0.25) is 0 Å². The Morgan fingerprint density at radius 3 is 1.29 bits per heavy atom. The Hall–Kier alpha value is -6.52. The number of carboxylic acids is 2. The second-order valence-corrected chi connectivity index (χ2v) is 10.5. The van der Waals surface area contributed by atoms with Crippen LogP contribution in [0.25, 0.3) is 23.3 Å². The number of benzene rings is 4. The number of hydrogen-bond donors (Lipinski definition) is 2. The van der Waals surface area contributed by atoms with Gasteiger partial charge in [0.25, 0.3) is 0 Å². The van der Waals surface area contributed by atoms with Crippen molar-refractivity contribution in [3.05, 3.63) is 118 Å². The smallest absolute Gasteiger partial charge is 0.319 e. The molecule has 10 heteroatoms. The van der Waals surface area contributed by atoms with Gasteiger partial charge < -0.3 is 29.2 Å². The first-order valence-electron chi connectivity index (χ1n) is 14.5. The summed E-state index contributed by atoms with van der Waals surface area (Å²) in [5.74, 6) is -0.707. The van der Waals surface area contributed by atoms with Crippen LogP contribution in [0.1, 0.15) is 39.8 Å². The van der Waals surface area contributed by atoms with E-state index in [9.17, 15) is 30.3 Å². The highest BCUT2D eigenvalue weighted by Gasteiger charge is 2.44. The summed E-state index contributed by atoms with van der Waals surface area (Å²) in [4.78, 5) is 25.0. The first-order chi connectivity index (χ1) is 23.1. The van der Waals surface area contributed by atoms with E-state index in [1.807, 2.05) is 0 Å². The molecule has 0 atom stereocenters. The lowest BCUT2D eigenvalue weighted by atomic mass is 9.71. The van der Waals surface area contributed by atoms with Crippen molar-refractivity contribution in [1.29, 1.82) is 10.5 Å². The van der Waals surface area contributed by atoms with Crippen molar-refractivity contribution in [1.82, 2.24) is 0 Å². The van der Waals surface area contributed by atoms with E-state index in [-0.39, 0.29) is 11.1 Å². The highest BCUT2D eigenvalue weighted by molar-refractivity contribution is 5.93. The summed E-state index contributed by atoms with van der Waals surface area (Å²) in [6.07, 6.45) is 2.55. The predicted octanol–water partition coefficient (Wildman–Crippen LogP) is 6.69. The summed E-state index contributed by atoms with van der Waals surface area (Å²) >= 11 is 0. The second-order valence-electron chi connectivity index (χ2n) is 10.5. The molecule has 10 nitrogen and oxygen atoms in total. The summed E-state index contributed by atoms with van der Waals surface area (Å²) in [6.45, 7) is 0. The molecule has 0 amide bonds. The van der Waals surface area contributed by atoms with Gasteiger partial charge in [-0.2, -0.15) is 10.5 Å². The van der Waals surface area contributed by atoms with Crippen LogP contribution in [-0.2, 0) is 15.0 Å². The van der Waals surface area contributed by atoms with E-state index in [2.05, 4.69) is 12.1 Å². The van der Waals surface area contributed by atoms with E-state index in [4.69, 9.17) is 18.9 Å². The zero-order valence-corrected chi connectivity index (χ0v) is 26.7. The Morgan fingerprint density at radius 2 is 1.00 bits per heavy atom. The number of aliphatic carboxylic acids is 2. The fourth-order valence-corrected chi connectivity index (χ4v) is 5.35. The number of allylic oxidation sites excluding steroid dienone is 2. The van der Waals surface area contributed by atoms with Gasteiger partial charge in [-0.1, -0.05) is 48.5 Å². The first kappa shape index (κ1) is 34.4. The maximum atomic E-state index is 13.0. The lowest BCUT2D eigenvalue weighted by Gasteiger charge is -2.29. The van der Waals surface area contributed by atoms with Gasteiger partial charge in [0.1, 0.15) is 5.41 Å². The molecule has 0 heterocycles. The normalized spacial score (nSPS) is 12.5. The van der Waals surface area contributed by atoms with Gasteiger partial charge in [-0.15, -0.1) is 0 Å². The van der Waals surface area contributed by atoms with Gasteiger partial charge in [0, 0.05) is 0 Å². The molecule has 0 spiro atoms. The SMILES string of the molecule is COc1ccc(C(C#N)=Cc2ccc(C(CC(=O)O)(C(=O)O)c3ccc(C=C(C#N)c4ccc(OC)c(OC)c4)cc3)cc2)cc1OC. The van der Waals surface area contributed by atoms with Crippen LogP contribution in [0.5, 0.6) is 23.0 Å². The van der Waals surface area contributed by atoms with Crippen LogP contribution in [0.15, 0.2) is 84.9 Å². The van der Waals surface area contributed by atoms with E-state index in [1.165, 1.54) is 28.4 Å². The highest BCUT2D eigenvalue weighted by Crippen LogP contribution is 2.38. The van der Waals surface area contributed by atoms with Gasteiger partial charge in [-0.3, -0.25) is 9.59 Å². The Bertz CT molecular complexity index is 1840. The molecule has 0 radical (unpaired) electrons. The van der Waals surface area contributed by atoms with Gasteiger partial charge in [-0.25, -0.2) is 0 Å². The Kier molecular flexibility index (Phi) is 10.9. The molecule has 4 aromatic rings. The molecule has 0 aromatic heterocycles. The maximum absolute atomic E-state index is 13.0. The largest absolute Gasteiger partial charge is 0.493 e. The average Bonchev–Trinajstić information content (AvgIpc) is 3.11.